The predicted molar refractivity (Wildman–Crippen MR) is 94.8 cm³/mol. The van der Waals surface area contributed by atoms with E-state index in [-0.39, 0.29) is 23.5 Å². The molecule has 2 aromatic rings. The molecule has 1 N–H and O–H groups in total. The quantitative estimate of drug-likeness (QED) is 0.488. The van der Waals surface area contributed by atoms with Gasteiger partial charge in [0.15, 0.2) is 5.78 Å². The molecule has 25 heavy (non-hydrogen) atoms. The van der Waals surface area contributed by atoms with Gasteiger partial charge in [0.2, 0.25) is 0 Å². The highest BCUT2D eigenvalue weighted by atomic mass is 16.6. The second-order valence-corrected chi connectivity index (χ2v) is 6.18. The zero-order valence-corrected chi connectivity index (χ0v) is 14.0. The van der Waals surface area contributed by atoms with Gasteiger partial charge < -0.3 is 10.1 Å². The SMILES string of the molecule is CC(=O)c1ccc(NCC2CCOC2c2ccccc2)c([N+](=O)[O-])c1. The topological polar surface area (TPSA) is 81.5 Å². The summed E-state index contributed by atoms with van der Waals surface area (Å²) in [6.45, 7) is 2.64. The van der Waals surface area contributed by atoms with E-state index in [4.69, 9.17) is 4.74 Å². The van der Waals surface area contributed by atoms with Crippen LogP contribution in [-0.4, -0.2) is 23.9 Å². The first-order chi connectivity index (χ1) is 12.1. The van der Waals surface area contributed by atoms with E-state index in [0.717, 1.165) is 12.0 Å². The van der Waals surface area contributed by atoms with Crippen molar-refractivity contribution in [1.82, 2.24) is 0 Å². The first-order valence-electron chi connectivity index (χ1n) is 8.26. The molecule has 3 rings (SSSR count). The molecule has 130 valence electrons. The number of nitrogens with one attached hydrogen (secondary N) is 1. The Bertz CT molecular complexity index is 776. The Morgan fingerprint density at radius 1 is 1.28 bits per heavy atom. The summed E-state index contributed by atoms with van der Waals surface area (Å²) < 4.78 is 5.85. The minimum absolute atomic E-state index is 0.00995. The van der Waals surface area contributed by atoms with E-state index in [1.165, 1.54) is 13.0 Å². The summed E-state index contributed by atoms with van der Waals surface area (Å²) in [6, 6.07) is 14.5. The third-order valence-electron chi connectivity index (χ3n) is 4.50. The van der Waals surface area contributed by atoms with E-state index in [2.05, 4.69) is 5.32 Å². The first-order valence-corrected chi connectivity index (χ1v) is 8.26. The Morgan fingerprint density at radius 3 is 2.72 bits per heavy atom. The van der Waals surface area contributed by atoms with Crippen LogP contribution in [0.4, 0.5) is 11.4 Å². The number of carbonyl (C=O) groups is 1. The van der Waals surface area contributed by atoms with Crippen LogP contribution in [-0.2, 0) is 4.74 Å². The Balaban J connectivity index is 1.75. The van der Waals surface area contributed by atoms with Crippen LogP contribution in [0.25, 0.3) is 0 Å². The minimum Gasteiger partial charge on any atom is -0.379 e. The number of Topliss-reactive ketones (excluding diaryl/α,β-unsaturated/α-hetero) is 1. The molecule has 1 saturated heterocycles. The summed E-state index contributed by atoms with van der Waals surface area (Å²) in [5, 5.41) is 14.5. The highest BCUT2D eigenvalue weighted by molar-refractivity contribution is 5.95. The lowest BCUT2D eigenvalue weighted by Gasteiger charge is -2.20. The van der Waals surface area contributed by atoms with Crippen molar-refractivity contribution in [1.29, 1.82) is 0 Å². The fraction of sp³-hybridized carbons (Fsp3) is 0.316. The van der Waals surface area contributed by atoms with Gasteiger partial charge in [0.25, 0.3) is 5.69 Å². The number of hydrogen-bond acceptors (Lipinski definition) is 5. The number of benzene rings is 2. The zero-order valence-electron chi connectivity index (χ0n) is 14.0. The molecule has 0 amide bonds. The molecule has 0 bridgehead atoms. The van der Waals surface area contributed by atoms with Gasteiger partial charge in [-0.05, 0) is 31.0 Å². The summed E-state index contributed by atoms with van der Waals surface area (Å²) >= 11 is 0. The van der Waals surface area contributed by atoms with Gasteiger partial charge in [-0.25, -0.2) is 0 Å². The smallest absolute Gasteiger partial charge is 0.293 e. The van der Waals surface area contributed by atoms with E-state index in [9.17, 15) is 14.9 Å². The molecular weight excluding hydrogens is 320 g/mol. The zero-order chi connectivity index (χ0) is 17.8. The van der Waals surface area contributed by atoms with Gasteiger partial charge in [0.05, 0.1) is 11.0 Å². The molecule has 6 heteroatoms. The third kappa shape index (κ3) is 3.85. The maximum atomic E-state index is 11.4. The average molecular weight is 340 g/mol. The lowest BCUT2D eigenvalue weighted by Crippen LogP contribution is -2.18. The fourth-order valence-corrected chi connectivity index (χ4v) is 3.15. The van der Waals surface area contributed by atoms with Crippen molar-refractivity contribution in [3.63, 3.8) is 0 Å². The van der Waals surface area contributed by atoms with Crippen molar-refractivity contribution in [2.24, 2.45) is 5.92 Å². The Hall–Kier alpha value is -2.73. The lowest BCUT2D eigenvalue weighted by atomic mass is 9.95. The number of nitro groups is 1. The average Bonchev–Trinajstić information content (AvgIpc) is 3.09. The van der Waals surface area contributed by atoms with Crippen molar-refractivity contribution in [2.75, 3.05) is 18.5 Å². The van der Waals surface area contributed by atoms with E-state index >= 15 is 0 Å². The molecule has 2 unspecified atom stereocenters. The molecule has 1 heterocycles. The molecule has 0 radical (unpaired) electrons. The summed E-state index contributed by atoms with van der Waals surface area (Å²) in [5.74, 6) is 0.0393. The summed E-state index contributed by atoms with van der Waals surface area (Å²) in [4.78, 5) is 22.3. The summed E-state index contributed by atoms with van der Waals surface area (Å²) in [7, 11) is 0. The van der Waals surface area contributed by atoms with Crippen molar-refractivity contribution in [2.45, 2.75) is 19.4 Å². The summed E-state index contributed by atoms with van der Waals surface area (Å²) in [6.07, 6.45) is 0.885. The van der Waals surface area contributed by atoms with Gasteiger partial charge in [0.1, 0.15) is 5.69 Å². The largest absolute Gasteiger partial charge is 0.379 e. The van der Waals surface area contributed by atoms with Crippen molar-refractivity contribution in [3.05, 3.63) is 69.8 Å². The van der Waals surface area contributed by atoms with E-state index in [1.54, 1.807) is 12.1 Å². The predicted octanol–water partition coefficient (Wildman–Crippen LogP) is 3.99. The molecular formula is C19H20N2O4. The van der Waals surface area contributed by atoms with Gasteiger partial charge in [-0.2, -0.15) is 0 Å². The number of nitro benzene ring substituents is 1. The molecule has 0 saturated carbocycles. The van der Waals surface area contributed by atoms with Gasteiger partial charge in [0, 0.05) is 30.7 Å². The molecule has 0 aromatic heterocycles. The third-order valence-corrected chi connectivity index (χ3v) is 4.50. The molecule has 6 nitrogen and oxygen atoms in total. The first kappa shape index (κ1) is 17.1. The number of hydrogen-bond donors (Lipinski definition) is 1. The number of ether oxygens (including phenoxy) is 1. The van der Waals surface area contributed by atoms with E-state index in [1.807, 2.05) is 30.3 Å². The fourth-order valence-electron chi connectivity index (χ4n) is 3.15. The van der Waals surface area contributed by atoms with Crippen LogP contribution in [0.3, 0.4) is 0 Å². The standard InChI is InChI=1S/C19H20N2O4/c1-13(22)15-7-8-17(18(11-15)21(23)24)20-12-16-9-10-25-19(16)14-5-3-2-4-6-14/h2-8,11,16,19-20H,9-10,12H2,1H3. The number of nitrogens with zero attached hydrogens (tertiary/aromatic N) is 1. The van der Waals surface area contributed by atoms with Gasteiger partial charge in [-0.15, -0.1) is 0 Å². The van der Waals surface area contributed by atoms with Gasteiger partial charge in [-0.3, -0.25) is 14.9 Å². The second kappa shape index (κ2) is 7.44. The number of ketones is 1. The van der Waals surface area contributed by atoms with Crippen LogP contribution in [0.2, 0.25) is 0 Å². The van der Waals surface area contributed by atoms with Crippen LogP contribution < -0.4 is 5.32 Å². The molecule has 0 aliphatic carbocycles. The molecule has 2 atom stereocenters. The van der Waals surface area contributed by atoms with Crippen LogP contribution in [0, 0.1) is 16.0 Å². The normalized spacial score (nSPS) is 19.6. The number of rotatable bonds is 6. The molecule has 0 spiro atoms. The highest BCUT2D eigenvalue weighted by Crippen LogP contribution is 2.35. The molecule has 1 aliphatic heterocycles. The van der Waals surface area contributed by atoms with E-state index < -0.39 is 4.92 Å². The van der Waals surface area contributed by atoms with Crippen LogP contribution in [0.15, 0.2) is 48.5 Å². The van der Waals surface area contributed by atoms with Crippen molar-refractivity contribution >= 4 is 17.2 Å². The van der Waals surface area contributed by atoms with Crippen LogP contribution in [0.1, 0.15) is 35.4 Å². The van der Waals surface area contributed by atoms with Crippen LogP contribution in [0.5, 0.6) is 0 Å². The second-order valence-electron chi connectivity index (χ2n) is 6.18. The van der Waals surface area contributed by atoms with Crippen LogP contribution >= 0.6 is 0 Å². The van der Waals surface area contributed by atoms with Crippen molar-refractivity contribution in [3.8, 4) is 0 Å². The minimum atomic E-state index is -0.464. The highest BCUT2D eigenvalue weighted by Gasteiger charge is 2.30. The van der Waals surface area contributed by atoms with Gasteiger partial charge >= 0.3 is 0 Å². The van der Waals surface area contributed by atoms with E-state index in [0.29, 0.717) is 24.4 Å². The lowest BCUT2D eigenvalue weighted by molar-refractivity contribution is -0.384. The Kier molecular flexibility index (Phi) is 5.09. The van der Waals surface area contributed by atoms with Crippen molar-refractivity contribution < 1.29 is 14.5 Å². The molecule has 2 aromatic carbocycles. The molecule has 1 aliphatic rings. The maximum Gasteiger partial charge on any atom is 0.293 e. The number of anilines is 1. The monoisotopic (exact) mass is 340 g/mol. The number of carbonyl (C=O) groups excluding carboxylic acids is 1. The Morgan fingerprint density at radius 2 is 2.04 bits per heavy atom. The summed E-state index contributed by atoms with van der Waals surface area (Å²) in [5.41, 5.74) is 1.80. The van der Waals surface area contributed by atoms with Gasteiger partial charge in [-0.1, -0.05) is 30.3 Å². The maximum absolute atomic E-state index is 11.4. The molecule has 1 fully saturated rings. The Labute approximate surface area is 146 Å².